The standard InChI is InChI=1S/C14H21N3O2/c1-11-2-3-12(10-13(11)18)14(19)17-8-6-16(5-4-15)7-9-17/h2-3,10,18H,4-9,15H2,1H3. The number of nitrogens with zero attached hydrogens (tertiary/aromatic N) is 2. The second kappa shape index (κ2) is 6.04. The first kappa shape index (κ1) is 13.8. The summed E-state index contributed by atoms with van der Waals surface area (Å²) < 4.78 is 0. The Hall–Kier alpha value is -1.59. The molecule has 1 heterocycles. The minimum Gasteiger partial charge on any atom is -0.508 e. The van der Waals surface area contributed by atoms with Gasteiger partial charge in [-0.15, -0.1) is 0 Å². The third kappa shape index (κ3) is 3.24. The molecule has 1 aliphatic heterocycles. The van der Waals surface area contributed by atoms with Crippen molar-refractivity contribution in [2.75, 3.05) is 39.3 Å². The number of phenolic OH excluding ortho intramolecular Hbond substituents is 1. The highest BCUT2D eigenvalue weighted by atomic mass is 16.3. The second-order valence-electron chi connectivity index (χ2n) is 4.92. The van der Waals surface area contributed by atoms with Crippen molar-refractivity contribution in [3.8, 4) is 5.75 Å². The molecular weight excluding hydrogens is 242 g/mol. The number of aryl methyl sites for hydroxylation is 1. The molecule has 0 saturated carbocycles. The van der Waals surface area contributed by atoms with Crippen molar-refractivity contribution in [2.45, 2.75) is 6.92 Å². The van der Waals surface area contributed by atoms with Crippen LogP contribution < -0.4 is 5.73 Å². The molecule has 3 N–H and O–H groups in total. The first-order valence-electron chi connectivity index (χ1n) is 6.63. The summed E-state index contributed by atoms with van der Waals surface area (Å²) >= 11 is 0. The Labute approximate surface area is 113 Å². The van der Waals surface area contributed by atoms with Crippen LogP contribution in [0.5, 0.6) is 5.75 Å². The van der Waals surface area contributed by atoms with E-state index in [9.17, 15) is 9.90 Å². The summed E-state index contributed by atoms with van der Waals surface area (Å²) in [5.74, 6) is 0.162. The molecule has 1 aromatic carbocycles. The van der Waals surface area contributed by atoms with Crippen LogP contribution in [0.4, 0.5) is 0 Å². The average molecular weight is 263 g/mol. The lowest BCUT2D eigenvalue weighted by Gasteiger charge is -2.34. The van der Waals surface area contributed by atoms with E-state index in [1.807, 2.05) is 11.8 Å². The van der Waals surface area contributed by atoms with Crippen LogP contribution in [0.15, 0.2) is 18.2 Å². The van der Waals surface area contributed by atoms with Crippen molar-refractivity contribution in [1.82, 2.24) is 9.80 Å². The average Bonchev–Trinajstić information content (AvgIpc) is 2.42. The van der Waals surface area contributed by atoms with Crippen molar-refractivity contribution in [3.63, 3.8) is 0 Å². The van der Waals surface area contributed by atoms with Gasteiger partial charge in [-0.2, -0.15) is 0 Å². The lowest BCUT2D eigenvalue weighted by molar-refractivity contribution is 0.0640. The smallest absolute Gasteiger partial charge is 0.254 e. The van der Waals surface area contributed by atoms with Crippen molar-refractivity contribution in [3.05, 3.63) is 29.3 Å². The van der Waals surface area contributed by atoms with E-state index in [-0.39, 0.29) is 11.7 Å². The number of amides is 1. The van der Waals surface area contributed by atoms with Gasteiger partial charge in [0.25, 0.3) is 5.91 Å². The summed E-state index contributed by atoms with van der Waals surface area (Å²) in [5.41, 5.74) is 6.86. The molecule has 0 atom stereocenters. The minimum absolute atomic E-state index is 0.0114. The van der Waals surface area contributed by atoms with E-state index in [0.717, 1.165) is 25.2 Å². The number of phenols is 1. The fourth-order valence-corrected chi connectivity index (χ4v) is 2.28. The lowest BCUT2D eigenvalue weighted by atomic mass is 10.1. The van der Waals surface area contributed by atoms with E-state index < -0.39 is 0 Å². The van der Waals surface area contributed by atoms with Gasteiger partial charge < -0.3 is 15.7 Å². The first-order valence-corrected chi connectivity index (χ1v) is 6.63. The quantitative estimate of drug-likeness (QED) is 0.829. The molecule has 0 spiro atoms. The van der Waals surface area contributed by atoms with Gasteiger partial charge >= 0.3 is 0 Å². The topological polar surface area (TPSA) is 69.8 Å². The van der Waals surface area contributed by atoms with Crippen LogP contribution in [-0.2, 0) is 0 Å². The van der Waals surface area contributed by atoms with Crippen molar-refractivity contribution in [2.24, 2.45) is 5.73 Å². The molecule has 1 aromatic rings. The molecule has 5 nitrogen and oxygen atoms in total. The predicted molar refractivity (Wildman–Crippen MR) is 74.2 cm³/mol. The summed E-state index contributed by atoms with van der Waals surface area (Å²) in [6, 6.07) is 5.08. The molecule has 104 valence electrons. The number of hydrogen-bond acceptors (Lipinski definition) is 4. The van der Waals surface area contributed by atoms with Crippen molar-refractivity contribution < 1.29 is 9.90 Å². The van der Waals surface area contributed by atoms with Crippen LogP contribution in [0, 0.1) is 6.92 Å². The molecule has 1 saturated heterocycles. The number of carbonyl (C=O) groups excluding carboxylic acids is 1. The van der Waals surface area contributed by atoms with Crippen molar-refractivity contribution >= 4 is 5.91 Å². The van der Waals surface area contributed by atoms with Crippen LogP contribution >= 0.6 is 0 Å². The molecule has 1 fully saturated rings. The highest BCUT2D eigenvalue weighted by Crippen LogP contribution is 2.19. The first-order chi connectivity index (χ1) is 9.11. The van der Waals surface area contributed by atoms with Crippen LogP contribution in [0.1, 0.15) is 15.9 Å². The van der Waals surface area contributed by atoms with Gasteiger partial charge in [-0.25, -0.2) is 0 Å². The normalized spacial score (nSPS) is 16.6. The van der Waals surface area contributed by atoms with Crippen LogP contribution in [-0.4, -0.2) is 60.1 Å². The summed E-state index contributed by atoms with van der Waals surface area (Å²) in [5, 5.41) is 9.67. The van der Waals surface area contributed by atoms with Crippen LogP contribution in [0.3, 0.4) is 0 Å². The van der Waals surface area contributed by atoms with Gasteiger partial charge in [0, 0.05) is 44.8 Å². The van der Waals surface area contributed by atoms with Crippen LogP contribution in [0.25, 0.3) is 0 Å². The molecule has 0 radical (unpaired) electrons. The van der Waals surface area contributed by atoms with E-state index in [2.05, 4.69) is 4.90 Å². The third-order valence-electron chi connectivity index (χ3n) is 3.56. The van der Waals surface area contributed by atoms with Crippen LogP contribution in [0.2, 0.25) is 0 Å². The molecular formula is C14H21N3O2. The highest BCUT2D eigenvalue weighted by Gasteiger charge is 2.21. The Bertz CT molecular complexity index is 454. The van der Waals surface area contributed by atoms with Gasteiger partial charge in [0.1, 0.15) is 5.75 Å². The van der Waals surface area contributed by atoms with Crippen molar-refractivity contribution in [1.29, 1.82) is 0 Å². The zero-order valence-electron chi connectivity index (χ0n) is 11.3. The highest BCUT2D eigenvalue weighted by molar-refractivity contribution is 5.94. The Kier molecular flexibility index (Phi) is 4.39. The molecule has 0 bridgehead atoms. The molecule has 5 heteroatoms. The van der Waals surface area contributed by atoms with Gasteiger partial charge in [-0.1, -0.05) is 6.07 Å². The van der Waals surface area contributed by atoms with Gasteiger partial charge in [-0.05, 0) is 24.6 Å². The zero-order valence-corrected chi connectivity index (χ0v) is 11.3. The number of piperazine rings is 1. The fraction of sp³-hybridized carbons (Fsp3) is 0.500. The molecule has 1 aliphatic rings. The summed E-state index contributed by atoms with van der Waals surface area (Å²) in [6.07, 6.45) is 0. The number of rotatable bonds is 3. The molecule has 0 aliphatic carbocycles. The van der Waals surface area contributed by atoms with E-state index in [0.29, 0.717) is 25.2 Å². The van der Waals surface area contributed by atoms with E-state index >= 15 is 0 Å². The maximum Gasteiger partial charge on any atom is 0.254 e. The van der Waals surface area contributed by atoms with Gasteiger partial charge in [-0.3, -0.25) is 9.69 Å². The Morgan fingerprint density at radius 3 is 2.58 bits per heavy atom. The van der Waals surface area contributed by atoms with Gasteiger partial charge in [0.15, 0.2) is 0 Å². The van der Waals surface area contributed by atoms with Gasteiger partial charge in [0.2, 0.25) is 0 Å². The van der Waals surface area contributed by atoms with Gasteiger partial charge in [0.05, 0.1) is 0 Å². The minimum atomic E-state index is -0.0114. The predicted octanol–water partition coefficient (Wildman–Crippen LogP) is 0.417. The molecule has 2 rings (SSSR count). The second-order valence-corrected chi connectivity index (χ2v) is 4.92. The largest absolute Gasteiger partial charge is 0.508 e. The Morgan fingerprint density at radius 2 is 2.00 bits per heavy atom. The summed E-state index contributed by atoms with van der Waals surface area (Å²) in [4.78, 5) is 16.4. The van der Waals surface area contributed by atoms with E-state index in [1.54, 1.807) is 18.2 Å². The molecule has 0 unspecified atom stereocenters. The SMILES string of the molecule is Cc1ccc(C(=O)N2CCN(CCN)CC2)cc1O. The number of nitrogens with two attached hydrogens (primary N) is 1. The number of hydrogen-bond donors (Lipinski definition) is 2. The molecule has 0 aromatic heterocycles. The lowest BCUT2D eigenvalue weighted by Crippen LogP contribution is -2.49. The fourth-order valence-electron chi connectivity index (χ4n) is 2.28. The Balaban J connectivity index is 1.99. The summed E-state index contributed by atoms with van der Waals surface area (Å²) in [6.45, 7) is 6.50. The summed E-state index contributed by atoms with van der Waals surface area (Å²) in [7, 11) is 0. The monoisotopic (exact) mass is 263 g/mol. The molecule has 1 amide bonds. The molecule has 19 heavy (non-hydrogen) atoms. The number of aromatic hydroxyl groups is 1. The van der Waals surface area contributed by atoms with E-state index in [4.69, 9.17) is 5.73 Å². The maximum absolute atomic E-state index is 12.3. The number of carbonyl (C=O) groups is 1. The zero-order chi connectivity index (χ0) is 13.8. The third-order valence-corrected chi connectivity index (χ3v) is 3.56. The number of benzene rings is 1. The van der Waals surface area contributed by atoms with E-state index in [1.165, 1.54) is 0 Å². The Morgan fingerprint density at radius 1 is 1.32 bits per heavy atom. The maximum atomic E-state index is 12.3.